The number of rotatable bonds is 4. The van der Waals surface area contributed by atoms with Crippen LogP contribution in [0.1, 0.15) is 38.3 Å². The standard InChI is InChI=1S/C17H16O2/c1-12-5-3-7-14(9-12)16(18)11-17(19)15-8-4-6-13(2)10-15/h3-10H,11H2,1-2H3. The summed E-state index contributed by atoms with van der Waals surface area (Å²) in [6, 6.07) is 14.6. The van der Waals surface area contributed by atoms with Gasteiger partial charge in [0.15, 0.2) is 11.6 Å². The Morgan fingerprint density at radius 2 is 1.21 bits per heavy atom. The molecule has 2 aromatic carbocycles. The van der Waals surface area contributed by atoms with Gasteiger partial charge in [-0.3, -0.25) is 9.59 Å². The van der Waals surface area contributed by atoms with Gasteiger partial charge in [-0.25, -0.2) is 0 Å². The Balaban J connectivity index is 2.13. The second-order valence-electron chi connectivity index (χ2n) is 4.76. The summed E-state index contributed by atoms with van der Waals surface area (Å²) >= 11 is 0. The van der Waals surface area contributed by atoms with E-state index in [1.54, 1.807) is 12.1 Å². The van der Waals surface area contributed by atoms with E-state index < -0.39 is 0 Å². The number of carbonyl (C=O) groups is 2. The van der Waals surface area contributed by atoms with Crippen molar-refractivity contribution in [3.05, 3.63) is 70.8 Å². The first-order valence-corrected chi connectivity index (χ1v) is 6.26. The van der Waals surface area contributed by atoms with Gasteiger partial charge in [0.05, 0.1) is 6.42 Å². The smallest absolute Gasteiger partial charge is 0.170 e. The van der Waals surface area contributed by atoms with E-state index in [9.17, 15) is 9.59 Å². The number of hydrogen-bond acceptors (Lipinski definition) is 2. The zero-order chi connectivity index (χ0) is 13.8. The Labute approximate surface area is 113 Å². The van der Waals surface area contributed by atoms with Crippen LogP contribution in [0.3, 0.4) is 0 Å². The van der Waals surface area contributed by atoms with Gasteiger partial charge in [-0.15, -0.1) is 0 Å². The molecule has 2 aromatic rings. The number of ketones is 2. The predicted octanol–water partition coefficient (Wildman–Crippen LogP) is 3.76. The molecule has 96 valence electrons. The van der Waals surface area contributed by atoms with Gasteiger partial charge in [0.25, 0.3) is 0 Å². The quantitative estimate of drug-likeness (QED) is 0.613. The zero-order valence-corrected chi connectivity index (χ0v) is 11.1. The summed E-state index contributed by atoms with van der Waals surface area (Å²) in [5.41, 5.74) is 3.24. The Bertz CT molecular complexity index is 571. The van der Waals surface area contributed by atoms with E-state index in [4.69, 9.17) is 0 Å². The number of hydrogen-bond donors (Lipinski definition) is 0. The van der Waals surface area contributed by atoms with E-state index >= 15 is 0 Å². The molecule has 0 N–H and O–H groups in total. The molecule has 2 nitrogen and oxygen atoms in total. The van der Waals surface area contributed by atoms with Gasteiger partial charge >= 0.3 is 0 Å². The van der Waals surface area contributed by atoms with E-state index in [0.717, 1.165) is 11.1 Å². The van der Waals surface area contributed by atoms with Gasteiger partial charge in [0.2, 0.25) is 0 Å². The molecule has 19 heavy (non-hydrogen) atoms. The number of aryl methyl sites for hydroxylation is 2. The molecular weight excluding hydrogens is 236 g/mol. The maximum Gasteiger partial charge on any atom is 0.170 e. The Hall–Kier alpha value is -2.22. The van der Waals surface area contributed by atoms with E-state index in [-0.39, 0.29) is 18.0 Å². The second-order valence-corrected chi connectivity index (χ2v) is 4.76. The molecule has 0 aliphatic heterocycles. The highest BCUT2D eigenvalue weighted by molar-refractivity contribution is 6.13. The number of Topliss-reactive ketones (excluding diaryl/α,β-unsaturated/α-hetero) is 2. The normalized spacial score (nSPS) is 10.2. The maximum absolute atomic E-state index is 12.0. The van der Waals surface area contributed by atoms with E-state index in [0.29, 0.717) is 11.1 Å². The van der Waals surface area contributed by atoms with Crippen LogP contribution in [0.15, 0.2) is 48.5 Å². The van der Waals surface area contributed by atoms with Crippen LogP contribution in [-0.4, -0.2) is 11.6 Å². The van der Waals surface area contributed by atoms with Crippen LogP contribution in [0, 0.1) is 13.8 Å². The molecule has 0 saturated heterocycles. The van der Waals surface area contributed by atoms with Crippen molar-refractivity contribution in [1.29, 1.82) is 0 Å². The summed E-state index contributed by atoms with van der Waals surface area (Å²) in [6.45, 7) is 3.86. The minimum atomic E-state index is -0.129. The molecule has 0 unspecified atom stereocenters. The maximum atomic E-state index is 12.0. The summed E-state index contributed by atoms with van der Waals surface area (Å²) in [5, 5.41) is 0. The van der Waals surface area contributed by atoms with Gasteiger partial charge in [-0.05, 0) is 26.0 Å². The van der Waals surface area contributed by atoms with Crippen LogP contribution < -0.4 is 0 Å². The lowest BCUT2D eigenvalue weighted by atomic mass is 9.99. The van der Waals surface area contributed by atoms with Crippen molar-refractivity contribution in [2.45, 2.75) is 20.3 Å². The third kappa shape index (κ3) is 3.38. The van der Waals surface area contributed by atoms with Gasteiger partial charge < -0.3 is 0 Å². The van der Waals surface area contributed by atoms with Crippen molar-refractivity contribution in [3.8, 4) is 0 Å². The van der Waals surface area contributed by atoms with Crippen LogP contribution >= 0.6 is 0 Å². The van der Waals surface area contributed by atoms with Crippen molar-refractivity contribution in [2.24, 2.45) is 0 Å². The predicted molar refractivity (Wildman–Crippen MR) is 75.6 cm³/mol. The van der Waals surface area contributed by atoms with Crippen molar-refractivity contribution < 1.29 is 9.59 Å². The minimum Gasteiger partial charge on any atom is -0.294 e. The van der Waals surface area contributed by atoms with Gasteiger partial charge in [0, 0.05) is 11.1 Å². The highest BCUT2D eigenvalue weighted by Crippen LogP contribution is 2.11. The third-order valence-electron chi connectivity index (χ3n) is 3.00. The third-order valence-corrected chi connectivity index (χ3v) is 3.00. The van der Waals surface area contributed by atoms with Gasteiger partial charge in [-0.1, -0.05) is 47.5 Å². The first-order valence-electron chi connectivity index (χ1n) is 6.26. The summed E-state index contributed by atoms with van der Waals surface area (Å²) in [5.74, 6) is -0.259. The number of carbonyl (C=O) groups excluding carboxylic acids is 2. The van der Waals surface area contributed by atoms with Crippen LogP contribution in [0.25, 0.3) is 0 Å². The minimum absolute atomic E-state index is 0.0765. The van der Waals surface area contributed by atoms with Crippen molar-refractivity contribution in [3.63, 3.8) is 0 Å². The van der Waals surface area contributed by atoms with Crippen LogP contribution in [-0.2, 0) is 0 Å². The molecule has 0 atom stereocenters. The Kier molecular flexibility index (Phi) is 3.91. The molecule has 0 bridgehead atoms. The van der Waals surface area contributed by atoms with Crippen molar-refractivity contribution in [1.82, 2.24) is 0 Å². The lowest BCUT2D eigenvalue weighted by molar-refractivity contribution is 0.0894. The van der Waals surface area contributed by atoms with Crippen LogP contribution in [0.2, 0.25) is 0 Å². The fourth-order valence-corrected chi connectivity index (χ4v) is 1.99. The van der Waals surface area contributed by atoms with E-state index in [1.807, 2.05) is 50.2 Å². The molecule has 2 heteroatoms. The van der Waals surface area contributed by atoms with Gasteiger partial charge in [0.1, 0.15) is 0 Å². The van der Waals surface area contributed by atoms with Crippen molar-refractivity contribution in [2.75, 3.05) is 0 Å². The average Bonchev–Trinajstić information content (AvgIpc) is 2.38. The zero-order valence-electron chi connectivity index (χ0n) is 11.1. The molecule has 2 rings (SSSR count). The topological polar surface area (TPSA) is 34.1 Å². The Morgan fingerprint density at radius 3 is 1.58 bits per heavy atom. The Morgan fingerprint density at radius 1 is 0.789 bits per heavy atom. The van der Waals surface area contributed by atoms with E-state index in [2.05, 4.69) is 0 Å². The molecule has 0 saturated carbocycles. The second kappa shape index (κ2) is 5.61. The van der Waals surface area contributed by atoms with Gasteiger partial charge in [-0.2, -0.15) is 0 Å². The lowest BCUT2D eigenvalue weighted by Crippen LogP contribution is -2.08. The molecule has 0 aromatic heterocycles. The molecule has 0 fully saturated rings. The molecule has 0 radical (unpaired) electrons. The molecule has 0 aliphatic rings. The molecule has 0 heterocycles. The summed E-state index contributed by atoms with van der Waals surface area (Å²) < 4.78 is 0. The summed E-state index contributed by atoms with van der Waals surface area (Å²) in [7, 11) is 0. The summed E-state index contributed by atoms with van der Waals surface area (Å²) in [4.78, 5) is 24.1. The summed E-state index contributed by atoms with van der Waals surface area (Å²) in [6.07, 6.45) is -0.0765. The number of benzene rings is 2. The largest absolute Gasteiger partial charge is 0.294 e. The molecule has 0 spiro atoms. The van der Waals surface area contributed by atoms with Crippen molar-refractivity contribution >= 4 is 11.6 Å². The monoisotopic (exact) mass is 252 g/mol. The molecular formula is C17H16O2. The highest BCUT2D eigenvalue weighted by Gasteiger charge is 2.13. The average molecular weight is 252 g/mol. The fraction of sp³-hybridized carbons (Fsp3) is 0.176. The first kappa shape index (κ1) is 13.2. The van der Waals surface area contributed by atoms with Crippen LogP contribution in [0.5, 0.6) is 0 Å². The molecule has 0 aliphatic carbocycles. The molecule has 0 amide bonds. The highest BCUT2D eigenvalue weighted by atomic mass is 16.1. The first-order chi connectivity index (χ1) is 9.06. The lowest BCUT2D eigenvalue weighted by Gasteiger charge is -2.03. The van der Waals surface area contributed by atoms with Crippen LogP contribution in [0.4, 0.5) is 0 Å². The SMILES string of the molecule is Cc1cccc(C(=O)CC(=O)c2cccc(C)c2)c1. The fourth-order valence-electron chi connectivity index (χ4n) is 1.99. The van der Waals surface area contributed by atoms with E-state index in [1.165, 1.54) is 0 Å².